The summed E-state index contributed by atoms with van der Waals surface area (Å²) in [7, 11) is 3.94. The van der Waals surface area contributed by atoms with Crippen molar-refractivity contribution < 1.29 is 22.7 Å². The second kappa shape index (κ2) is 9.27. The summed E-state index contributed by atoms with van der Waals surface area (Å²) in [6, 6.07) is 13.2. The van der Waals surface area contributed by atoms with Crippen molar-refractivity contribution in [2.45, 2.75) is 19.3 Å². The van der Waals surface area contributed by atoms with Gasteiger partial charge in [0.05, 0.1) is 5.69 Å². The summed E-state index contributed by atoms with van der Waals surface area (Å²) in [5.74, 6) is -0.0436. The number of nitrogens with one attached hydrogen (secondary N) is 2. The van der Waals surface area contributed by atoms with Crippen molar-refractivity contribution in [2.75, 3.05) is 26.0 Å². The van der Waals surface area contributed by atoms with Crippen LogP contribution in [-0.4, -0.2) is 37.8 Å². The molecule has 0 saturated carbocycles. The Hall–Kier alpha value is -2.74. The summed E-state index contributed by atoms with van der Waals surface area (Å²) in [6.45, 7) is -0.353. The SMILES string of the molecule is CN(C)Cc1cccc(CNC(=O)Nc2ccccc2OCC(F)(F)F)c1. The molecule has 0 atom stereocenters. The molecule has 2 amide bonds. The Bertz CT molecular complexity index is 764. The largest absolute Gasteiger partial charge is 0.482 e. The van der Waals surface area contributed by atoms with E-state index in [2.05, 4.69) is 10.6 Å². The third kappa shape index (κ3) is 7.57. The molecule has 8 heteroatoms. The van der Waals surface area contributed by atoms with Gasteiger partial charge in [0.1, 0.15) is 5.75 Å². The second-order valence-electron chi connectivity index (χ2n) is 6.27. The highest BCUT2D eigenvalue weighted by atomic mass is 19.4. The fourth-order valence-electron chi connectivity index (χ4n) is 2.41. The van der Waals surface area contributed by atoms with Gasteiger partial charge in [-0.3, -0.25) is 0 Å². The molecule has 0 radical (unpaired) electrons. The van der Waals surface area contributed by atoms with E-state index in [4.69, 9.17) is 4.74 Å². The highest BCUT2D eigenvalue weighted by Crippen LogP contribution is 2.26. The Morgan fingerprint density at radius 1 is 1.07 bits per heavy atom. The number of carbonyl (C=O) groups is 1. The minimum atomic E-state index is -4.45. The predicted molar refractivity (Wildman–Crippen MR) is 97.7 cm³/mol. The van der Waals surface area contributed by atoms with E-state index in [1.54, 1.807) is 6.07 Å². The molecule has 146 valence electrons. The number of rotatable bonds is 7. The third-order valence-electron chi connectivity index (χ3n) is 3.47. The fraction of sp³-hybridized carbons (Fsp3) is 0.316. The molecule has 0 aromatic heterocycles. The molecule has 0 aliphatic heterocycles. The number of urea groups is 1. The van der Waals surface area contributed by atoms with Crippen LogP contribution in [0.25, 0.3) is 0 Å². The van der Waals surface area contributed by atoms with Crippen LogP contribution >= 0.6 is 0 Å². The van der Waals surface area contributed by atoms with E-state index in [-0.39, 0.29) is 11.4 Å². The van der Waals surface area contributed by atoms with Crippen LogP contribution in [0.5, 0.6) is 5.75 Å². The maximum absolute atomic E-state index is 12.3. The third-order valence-corrected chi connectivity index (χ3v) is 3.47. The maximum atomic E-state index is 12.3. The van der Waals surface area contributed by atoms with Crippen molar-refractivity contribution in [3.05, 3.63) is 59.7 Å². The van der Waals surface area contributed by atoms with E-state index in [9.17, 15) is 18.0 Å². The summed E-state index contributed by atoms with van der Waals surface area (Å²) >= 11 is 0. The van der Waals surface area contributed by atoms with E-state index in [1.165, 1.54) is 18.2 Å². The van der Waals surface area contributed by atoms with Gasteiger partial charge in [0.15, 0.2) is 6.61 Å². The van der Waals surface area contributed by atoms with E-state index < -0.39 is 18.8 Å². The van der Waals surface area contributed by atoms with Crippen LogP contribution < -0.4 is 15.4 Å². The highest BCUT2D eigenvalue weighted by molar-refractivity contribution is 5.90. The molecule has 0 fully saturated rings. The number of amides is 2. The van der Waals surface area contributed by atoms with Crippen LogP contribution in [0.4, 0.5) is 23.7 Å². The van der Waals surface area contributed by atoms with Crippen LogP contribution in [0.15, 0.2) is 48.5 Å². The van der Waals surface area contributed by atoms with Gasteiger partial charge < -0.3 is 20.3 Å². The number of carbonyl (C=O) groups excluding carboxylic acids is 1. The molecular formula is C19H22F3N3O2. The number of para-hydroxylation sites is 2. The smallest absolute Gasteiger partial charge is 0.422 e. The molecule has 0 unspecified atom stereocenters. The number of nitrogens with zero attached hydrogens (tertiary/aromatic N) is 1. The maximum Gasteiger partial charge on any atom is 0.422 e. The number of halogens is 3. The predicted octanol–water partition coefficient (Wildman–Crippen LogP) is 4.01. The first-order valence-electron chi connectivity index (χ1n) is 8.29. The molecule has 0 bridgehead atoms. The summed E-state index contributed by atoms with van der Waals surface area (Å²) < 4.78 is 41.7. The van der Waals surface area contributed by atoms with Crippen molar-refractivity contribution in [3.63, 3.8) is 0 Å². The molecule has 2 N–H and O–H groups in total. The Balaban J connectivity index is 1.93. The van der Waals surface area contributed by atoms with Gasteiger partial charge in [-0.25, -0.2) is 4.79 Å². The van der Waals surface area contributed by atoms with E-state index in [0.29, 0.717) is 6.54 Å². The number of benzene rings is 2. The molecule has 2 aromatic carbocycles. The Morgan fingerprint density at radius 2 is 1.78 bits per heavy atom. The molecular weight excluding hydrogens is 359 g/mol. The second-order valence-corrected chi connectivity index (χ2v) is 6.27. The van der Waals surface area contributed by atoms with E-state index in [0.717, 1.165) is 17.7 Å². The Labute approximate surface area is 156 Å². The van der Waals surface area contributed by atoms with Crippen LogP contribution in [0.1, 0.15) is 11.1 Å². The first-order valence-corrected chi connectivity index (χ1v) is 8.29. The van der Waals surface area contributed by atoms with Crippen LogP contribution in [0.2, 0.25) is 0 Å². The average molecular weight is 381 g/mol. The zero-order valence-electron chi connectivity index (χ0n) is 15.1. The normalized spacial score (nSPS) is 11.3. The molecule has 5 nitrogen and oxygen atoms in total. The molecule has 0 saturated heterocycles. The minimum Gasteiger partial charge on any atom is -0.482 e. The topological polar surface area (TPSA) is 53.6 Å². The number of alkyl halides is 3. The summed E-state index contributed by atoms with van der Waals surface area (Å²) in [4.78, 5) is 14.1. The molecule has 0 heterocycles. The Morgan fingerprint density at radius 3 is 2.48 bits per heavy atom. The van der Waals surface area contributed by atoms with Gasteiger partial charge in [0.2, 0.25) is 0 Å². The quantitative estimate of drug-likeness (QED) is 0.762. The lowest BCUT2D eigenvalue weighted by Crippen LogP contribution is -2.28. The fourth-order valence-corrected chi connectivity index (χ4v) is 2.41. The van der Waals surface area contributed by atoms with E-state index in [1.807, 2.05) is 43.3 Å². The van der Waals surface area contributed by atoms with Crippen LogP contribution in [-0.2, 0) is 13.1 Å². The number of hydrogen-bond donors (Lipinski definition) is 2. The highest BCUT2D eigenvalue weighted by Gasteiger charge is 2.28. The number of anilines is 1. The van der Waals surface area contributed by atoms with Crippen LogP contribution in [0.3, 0.4) is 0 Å². The van der Waals surface area contributed by atoms with Gasteiger partial charge >= 0.3 is 12.2 Å². The zero-order valence-corrected chi connectivity index (χ0v) is 15.1. The van der Waals surface area contributed by atoms with Gasteiger partial charge in [-0.05, 0) is 37.4 Å². The van der Waals surface area contributed by atoms with Gasteiger partial charge in [-0.1, -0.05) is 36.4 Å². The standard InChI is InChI=1S/C19H22F3N3O2/c1-25(2)12-15-7-5-6-14(10-15)11-23-18(26)24-16-8-3-4-9-17(16)27-13-19(20,21)22/h3-10H,11-13H2,1-2H3,(H2,23,24,26). The molecule has 27 heavy (non-hydrogen) atoms. The van der Waals surface area contributed by atoms with Crippen molar-refractivity contribution >= 4 is 11.7 Å². The first kappa shape index (κ1) is 20.6. The Kier molecular flexibility index (Phi) is 7.06. The van der Waals surface area contributed by atoms with Crippen molar-refractivity contribution in [2.24, 2.45) is 0 Å². The van der Waals surface area contributed by atoms with Gasteiger partial charge in [0, 0.05) is 13.1 Å². The summed E-state index contributed by atoms with van der Waals surface area (Å²) in [6.07, 6.45) is -4.45. The number of hydrogen-bond acceptors (Lipinski definition) is 3. The van der Waals surface area contributed by atoms with Crippen molar-refractivity contribution in [3.8, 4) is 5.75 Å². The molecule has 0 spiro atoms. The van der Waals surface area contributed by atoms with E-state index >= 15 is 0 Å². The first-order chi connectivity index (χ1) is 12.7. The average Bonchev–Trinajstić information content (AvgIpc) is 2.58. The summed E-state index contributed by atoms with van der Waals surface area (Å²) in [5, 5.41) is 5.20. The van der Waals surface area contributed by atoms with Gasteiger partial charge in [-0.2, -0.15) is 13.2 Å². The molecule has 0 aliphatic carbocycles. The molecule has 0 aliphatic rings. The lowest BCUT2D eigenvalue weighted by molar-refractivity contribution is -0.153. The minimum absolute atomic E-state index is 0.0436. The number of ether oxygens (including phenoxy) is 1. The monoisotopic (exact) mass is 381 g/mol. The van der Waals surface area contributed by atoms with Gasteiger partial charge in [0.25, 0.3) is 0 Å². The molecule has 2 aromatic rings. The molecule has 2 rings (SSSR count). The zero-order chi connectivity index (χ0) is 19.9. The lowest BCUT2D eigenvalue weighted by atomic mass is 10.1. The van der Waals surface area contributed by atoms with Crippen LogP contribution in [0, 0.1) is 0 Å². The van der Waals surface area contributed by atoms with Crippen molar-refractivity contribution in [1.29, 1.82) is 0 Å². The lowest BCUT2D eigenvalue weighted by Gasteiger charge is -2.14. The van der Waals surface area contributed by atoms with Crippen molar-refractivity contribution in [1.82, 2.24) is 10.2 Å². The van der Waals surface area contributed by atoms with Gasteiger partial charge in [-0.15, -0.1) is 0 Å². The summed E-state index contributed by atoms with van der Waals surface area (Å²) in [5.41, 5.74) is 2.21.